The standard InChI is InChI=1S/C15H14F3IO3/c1-2-21-13(20)15-5-14(6-15,7-19)22-12(15)8-3-9(16)11(18)10(17)4-8/h3-4,12H,2,5-7H2,1H3. The smallest absolute Gasteiger partial charge is 0.315 e. The van der Waals surface area contributed by atoms with E-state index >= 15 is 0 Å². The molecule has 3 fully saturated rings. The van der Waals surface area contributed by atoms with Crippen LogP contribution >= 0.6 is 22.6 Å². The predicted octanol–water partition coefficient (Wildman–Crippen LogP) is 3.69. The van der Waals surface area contributed by atoms with Crippen molar-refractivity contribution in [3.8, 4) is 0 Å². The number of esters is 1. The summed E-state index contributed by atoms with van der Waals surface area (Å²) in [5.41, 5.74) is -1.27. The second-order valence-electron chi connectivity index (χ2n) is 5.84. The number of alkyl halides is 1. The van der Waals surface area contributed by atoms with Gasteiger partial charge in [0.05, 0.1) is 18.3 Å². The maximum Gasteiger partial charge on any atom is 0.315 e. The molecule has 1 aromatic rings. The summed E-state index contributed by atoms with van der Waals surface area (Å²) in [6.07, 6.45) is 0.0889. The third-order valence-electron chi connectivity index (χ3n) is 4.38. The van der Waals surface area contributed by atoms with Crippen molar-refractivity contribution >= 4 is 28.6 Å². The van der Waals surface area contributed by atoms with Gasteiger partial charge in [-0.15, -0.1) is 0 Å². The van der Waals surface area contributed by atoms with Gasteiger partial charge in [-0.3, -0.25) is 4.79 Å². The molecule has 1 aromatic carbocycles. The lowest BCUT2D eigenvalue weighted by molar-refractivity contribution is -0.161. The average Bonchev–Trinajstić information content (AvgIpc) is 2.96. The van der Waals surface area contributed by atoms with Gasteiger partial charge in [-0.25, -0.2) is 13.2 Å². The SMILES string of the molecule is CCOC(=O)C12CC(CI)(C1)OC2c1cc(F)c(F)c(F)c1. The molecule has 3 aliphatic rings. The molecule has 4 rings (SSSR count). The Kier molecular flexibility index (Phi) is 3.91. The fourth-order valence-electron chi connectivity index (χ4n) is 3.50. The van der Waals surface area contributed by atoms with Crippen LogP contribution in [0.5, 0.6) is 0 Å². The van der Waals surface area contributed by atoms with Gasteiger partial charge in [0.25, 0.3) is 0 Å². The van der Waals surface area contributed by atoms with Crippen LogP contribution in [0.3, 0.4) is 0 Å². The van der Waals surface area contributed by atoms with Crippen LogP contribution in [0, 0.1) is 22.9 Å². The number of carbonyl (C=O) groups excluding carboxylic acids is 1. The molecule has 1 aliphatic carbocycles. The van der Waals surface area contributed by atoms with E-state index in [1.807, 2.05) is 0 Å². The van der Waals surface area contributed by atoms with E-state index in [0.29, 0.717) is 17.3 Å². The van der Waals surface area contributed by atoms with E-state index in [0.717, 1.165) is 12.1 Å². The first-order chi connectivity index (χ1) is 10.4. The van der Waals surface area contributed by atoms with Crippen LogP contribution in [0.4, 0.5) is 13.2 Å². The van der Waals surface area contributed by atoms with Crippen LogP contribution < -0.4 is 0 Å². The molecule has 22 heavy (non-hydrogen) atoms. The van der Waals surface area contributed by atoms with E-state index in [-0.39, 0.29) is 12.2 Å². The van der Waals surface area contributed by atoms with E-state index in [1.165, 1.54) is 0 Å². The van der Waals surface area contributed by atoms with Gasteiger partial charge in [0.1, 0.15) is 5.41 Å². The monoisotopic (exact) mass is 426 g/mol. The highest BCUT2D eigenvalue weighted by Crippen LogP contribution is 2.68. The molecule has 0 spiro atoms. The fraction of sp³-hybridized carbons (Fsp3) is 0.533. The second kappa shape index (κ2) is 5.36. The molecule has 1 unspecified atom stereocenters. The molecule has 0 N–H and O–H groups in total. The van der Waals surface area contributed by atoms with E-state index < -0.39 is 40.5 Å². The minimum absolute atomic E-state index is 0.133. The highest BCUT2D eigenvalue weighted by atomic mass is 127. The van der Waals surface area contributed by atoms with Crippen molar-refractivity contribution < 1.29 is 27.4 Å². The zero-order chi connectivity index (χ0) is 16.1. The molecule has 2 heterocycles. The van der Waals surface area contributed by atoms with Gasteiger partial charge in [-0.2, -0.15) is 0 Å². The van der Waals surface area contributed by atoms with Gasteiger partial charge < -0.3 is 9.47 Å². The summed E-state index contributed by atoms with van der Waals surface area (Å²) in [5, 5.41) is 0. The first-order valence-electron chi connectivity index (χ1n) is 6.93. The van der Waals surface area contributed by atoms with Gasteiger partial charge in [0.15, 0.2) is 17.5 Å². The summed E-state index contributed by atoms with van der Waals surface area (Å²) in [4.78, 5) is 12.3. The van der Waals surface area contributed by atoms with Crippen LogP contribution in [0.1, 0.15) is 31.4 Å². The van der Waals surface area contributed by atoms with Gasteiger partial charge in [0.2, 0.25) is 0 Å². The van der Waals surface area contributed by atoms with Crippen molar-refractivity contribution in [3.63, 3.8) is 0 Å². The molecule has 0 aromatic heterocycles. The minimum atomic E-state index is -1.53. The maximum atomic E-state index is 13.5. The lowest BCUT2D eigenvalue weighted by atomic mass is 9.60. The van der Waals surface area contributed by atoms with Crippen LogP contribution in [0.15, 0.2) is 12.1 Å². The number of fused-ring (bicyclic) bond motifs is 1. The Bertz CT molecular complexity index is 605. The van der Waals surface area contributed by atoms with Gasteiger partial charge in [0, 0.05) is 4.43 Å². The topological polar surface area (TPSA) is 35.5 Å². The Labute approximate surface area is 139 Å². The molecule has 3 nitrogen and oxygen atoms in total. The maximum absolute atomic E-state index is 13.5. The molecule has 1 atom stereocenters. The Morgan fingerprint density at radius 2 is 1.95 bits per heavy atom. The molecular formula is C15H14F3IO3. The molecule has 7 heteroatoms. The fourth-order valence-corrected chi connectivity index (χ4v) is 4.21. The Balaban J connectivity index is 2.00. The quantitative estimate of drug-likeness (QED) is 0.319. The summed E-state index contributed by atoms with van der Waals surface area (Å²) in [6.45, 7) is 1.91. The van der Waals surface area contributed by atoms with E-state index in [9.17, 15) is 18.0 Å². The minimum Gasteiger partial charge on any atom is -0.465 e. The summed E-state index contributed by atoms with van der Waals surface area (Å²) in [6, 6.07) is 1.79. The molecule has 2 bridgehead atoms. The predicted molar refractivity (Wildman–Crippen MR) is 80.1 cm³/mol. The molecule has 2 saturated heterocycles. The molecule has 0 radical (unpaired) electrons. The Morgan fingerprint density at radius 3 is 2.45 bits per heavy atom. The largest absolute Gasteiger partial charge is 0.465 e. The zero-order valence-corrected chi connectivity index (χ0v) is 14.0. The Morgan fingerprint density at radius 1 is 1.36 bits per heavy atom. The van der Waals surface area contributed by atoms with Crippen molar-refractivity contribution in [2.24, 2.45) is 5.41 Å². The number of ether oxygens (including phenoxy) is 2. The van der Waals surface area contributed by atoms with Crippen molar-refractivity contribution in [2.75, 3.05) is 11.0 Å². The number of carbonyl (C=O) groups is 1. The number of benzene rings is 1. The lowest BCUT2D eigenvalue weighted by Gasteiger charge is -2.42. The summed E-state index contributed by atoms with van der Waals surface area (Å²) in [7, 11) is 0. The zero-order valence-electron chi connectivity index (χ0n) is 11.8. The average molecular weight is 426 g/mol. The van der Waals surface area contributed by atoms with Crippen molar-refractivity contribution in [1.82, 2.24) is 0 Å². The number of hydrogen-bond donors (Lipinski definition) is 0. The summed E-state index contributed by atoms with van der Waals surface area (Å²) < 4.78 is 51.8. The molecular weight excluding hydrogens is 412 g/mol. The highest BCUT2D eigenvalue weighted by molar-refractivity contribution is 14.1. The van der Waals surface area contributed by atoms with Gasteiger partial charge in [-0.05, 0) is 37.5 Å². The van der Waals surface area contributed by atoms with Crippen molar-refractivity contribution in [1.29, 1.82) is 0 Å². The molecule has 120 valence electrons. The summed E-state index contributed by atoms with van der Waals surface area (Å²) >= 11 is 2.16. The van der Waals surface area contributed by atoms with Crippen molar-refractivity contribution in [2.45, 2.75) is 31.5 Å². The third kappa shape index (κ3) is 2.16. The number of rotatable bonds is 4. The second-order valence-corrected chi connectivity index (χ2v) is 6.61. The molecule has 1 saturated carbocycles. The lowest BCUT2D eigenvalue weighted by Crippen LogP contribution is -2.50. The molecule has 0 amide bonds. The normalized spacial score (nSPS) is 32.7. The molecule has 2 aliphatic heterocycles. The van der Waals surface area contributed by atoms with Crippen LogP contribution in [0.2, 0.25) is 0 Å². The van der Waals surface area contributed by atoms with Gasteiger partial charge in [-0.1, -0.05) is 22.6 Å². The van der Waals surface area contributed by atoms with Crippen LogP contribution in [-0.4, -0.2) is 22.6 Å². The number of hydrogen-bond acceptors (Lipinski definition) is 3. The van der Waals surface area contributed by atoms with Crippen molar-refractivity contribution in [3.05, 3.63) is 35.1 Å². The first-order valence-corrected chi connectivity index (χ1v) is 8.45. The van der Waals surface area contributed by atoms with Gasteiger partial charge >= 0.3 is 5.97 Å². The van der Waals surface area contributed by atoms with Crippen LogP contribution in [0.25, 0.3) is 0 Å². The first kappa shape index (κ1) is 16.0. The Hall–Kier alpha value is -0.830. The van der Waals surface area contributed by atoms with E-state index in [4.69, 9.17) is 9.47 Å². The number of halogens is 4. The van der Waals surface area contributed by atoms with E-state index in [2.05, 4.69) is 22.6 Å². The highest BCUT2D eigenvalue weighted by Gasteiger charge is 2.72. The summed E-state index contributed by atoms with van der Waals surface area (Å²) in [5.74, 6) is -4.53. The third-order valence-corrected chi connectivity index (χ3v) is 5.77. The van der Waals surface area contributed by atoms with E-state index in [1.54, 1.807) is 6.92 Å². The van der Waals surface area contributed by atoms with Crippen LogP contribution in [-0.2, 0) is 14.3 Å².